The van der Waals surface area contributed by atoms with Gasteiger partial charge in [0.25, 0.3) is 0 Å². The predicted molar refractivity (Wildman–Crippen MR) is 60.6 cm³/mol. The van der Waals surface area contributed by atoms with Crippen molar-refractivity contribution in [1.82, 2.24) is 5.32 Å². The summed E-state index contributed by atoms with van der Waals surface area (Å²) in [6.07, 6.45) is 1.78. The summed E-state index contributed by atoms with van der Waals surface area (Å²) in [5.74, 6) is -2.12. The van der Waals surface area contributed by atoms with Crippen molar-refractivity contribution in [3.63, 3.8) is 0 Å². The van der Waals surface area contributed by atoms with Gasteiger partial charge in [0.05, 0.1) is 5.92 Å². The van der Waals surface area contributed by atoms with Gasteiger partial charge in [-0.1, -0.05) is 0 Å². The summed E-state index contributed by atoms with van der Waals surface area (Å²) in [5.41, 5.74) is 0.291. The molecule has 1 atom stereocenters. The standard InChI is InChI=1S/C12H14F2N2O/c13-10-4-3-9(6-11(10)14)16-12(17)8-2-1-5-15-7-8/h3-4,6,8,15H,1-2,5,7H2,(H,16,17). The summed E-state index contributed by atoms with van der Waals surface area (Å²) in [6, 6.07) is 3.35. The van der Waals surface area contributed by atoms with E-state index in [9.17, 15) is 13.6 Å². The number of benzene rings is 1. The Kier molecular flexibility index (Phi) is 3.68. The van der Waals surface area contributed by atoms with E-state index in [1.54, 1.807) is 0 Å². The highest BCUT2D eigenvalue weighted by molar-refractivity contribution is 5.92. The van der Waals surface area contributed by atoms with Crippen molar-refractivity contribution in [2.45, 2.75) is 12.8 Å². The van der Waals surface area contributed by atoms with Gasteiger partial charge in [-0.25, -0.2) is 8.78 Å². The van der Waals surface area contributed by atoms with E-state index in [0.29, 0.717) is 12.2 Å². The van der Waals surface area contributed by atoms with Crippen LogP contribution in [0.25, 0.3) is 0 Å². The monoisotopic (exact) mass is 240 g/mol. The van der Waals surface area contributed by atoms with Crippen molar-refractivity contribution in [3.8, 4) is 0 Å². The number of amides is 1. The average Bonchev–Trinajstić information content (AvgIpc) is 2.35. The normalized spacial score (nSPS) is 20.0. The molecule has 5 heteroatoms. The van der Waals surface area contributed by atoms with E-state index < -0.39 is 11.6 Å². The molecular formula is C12H14F2N2O. The van der Waals surface area contributed by atoms with E-state index in [-0.39, 0.29) is 11.8 Å². The minimum Gasteiger partial charge on any atom is -0.326 e. The SMILES string of the molecule is O=C(Nc1ccc(F)c(F)c1)C1CCCNC1. The molecule has 1 aliphatic heterocycles. The Balaban J connectivity index is 1.99. The lowest BCUT2D eigenvalue weighted by Crippen LogP contribution is -2.37. The van der Waals surface area contributed by atoms with Crippen LogP contribution in [0.4, 0.5) is 14.5 Å². The first kappa shape index (κ1) is 12.0. The van der Waals surface area contributed by atoms with Crippen LogP contribution in [-0.4, -0.2) is 19.0 Å². The molecule has 2 rings (SSSR count). The molecule has 17 heavy (non-hydrogen) atoms. The summed E-state index contributed by atoms with van der Waals surface area (Å²) < 4.78 is 25.6. The molecule has 0 radical (unpaired) electrons. The maximum absolute atomic E-state index is 12.9. The first-order chi connectivity index (χ1) is 8.16. The lowest BCUT2D eigenvalue weighted by molar-refractivity contribution is -0.120. The van der Waals surface area contributed by atoms with E-state index >= 15 is 0 Å². The molecule has 1 heterocycles. The van der Waals surface area contributed by atoms with Gasteiger partial charge in [0.1, 0.15) is 0 Å². The lowest BCUT2D eigenvalue weighted by atomic mass is 9.99. The van der Waals surface area contributed by atoms with Crippen LogP contribution in [0.1, 0.15) is 12.8 Å². The fourth-order valence-electron chi connectivity index (χ4n) is 1.89. The molecule has 3 nitrogen and oxygen atoms in total. The van der Waals surface area contributed by atoms with E-state index in [1.807, 2.05) is 0 Å². The van der Waals surface area contributed by atoms with Gasteiger partial charge in [0.15, 0.2) is 11.6 Å². The zero-order chi connectivity index (χ0) is 12.3. The second kappa shape index (κ2) is 5.23. The first-order valence-corrected chi connectivity index (χ1v) is 5.63. The number of hydrogen-bond acceptors (Lipinski definition) is 2. The molecule has 1 saturated heterocycles. The molecule has 1 amide bonds. The number of nitrogens with one attached hydrogen (secondary N) is 2. The third kappa shape index (κ3) is 3.00. The molecule has 0 saturated carbocycles. The lowest BCUT2D eigenvalue weighted by Gasteiger charge is -2.21. The molecule has 2 N–H and O–H groups in total. The van der Waals surface area contributed by atoms with E-state index in [4.69, 9.17) is 0 Å². The van der Waals surface area contributed by atoms with Gasteiger partial charge in [0, 0.05) is 18.3 Å². The molecule has 1 fully saturated rings. The molecule has 0 spiro atoms. The molecule has 1 unspecified atom stereocenters. The summed E-state index contributed by atoms with van der Waals surface area (Å²) >= 11 is 0. The number of carbonyl (C=O) groups excluding carboxylic acids is 1. The van der Waals surface area contributed by atoms with Gasteiger partial charge in [-0.15, -0.1) is 0 Å². The fourth-order valence-corrected chi connectivity index (χ4v) is 1.89. The van der Waals surface area contributed by atoms with Crippen LogP contribution >= 0.6 is 0 Å². The number of carbonyl (C=O) groups is 1. The first-order valence-electron chi connectivity index (χ1n) is 5.63. The molecule has 1 aliphatic rings. The second-order valence-electron chi connectivity index (χ2n) is 4.16. The van der Waals surface area contributed by atoms with Crippen LogP contribution in [-0.2, 0) is 4.79 Å². The number of hydrogen-bond donors (Lipinski definition) is 2. The van der Waals surface area contributed by atoms with Gasteiger partial charge in [-0.3, -0.25) is 4.79 Å². The summed E-state index contributed by atoms with van der Waals surface area (Å²) in [4.78, 5) is 11.8. The van der Waals surface area contributed by atoms with Gasteiger partial charge in [-0.05, 0) is 31.5 Å². The largest absolute Gasteiger partial charge is 0.326 e. The highest BCUT2D eigenvalue weighted by Gasteiger charge is 2.20. The van der Waals surface area contributed by atoms with E-state index in [1.165, 1.54) is 6.07 Å². The van der Waals surface area contributed by atoms with Crippen LogP contribution in [0.15, 0.2) is 18.2 Å². The minimum atomic E-state index is -0.954. The molecule has 92 valence electrons. The topological polar surface area (TPSA) is 41.1 Å². The number of rotatable bonds is 2. The molecule has 0 aromatic heterocycles. The maximum atomic E-state index is 12.9. The third-order valence-corrected chi connectivity index (χ3v) is 2.85. The zero-order valence-corrected chi connectivity index (χ0v) is 9.30. The Labute approximate surface area is 98.2 Å². The fraction of sp³-hybridized carbons (Fsp3) is 0.417. The van der Waals surface area contributed by atoms with Gasteiger partial charge >= 0.3 is 0 Å². The second-order valence-corrected chi connectivity index (χ2v) is 4.16. The Morgan fingerprint density at radius 1 is 1.35 bits per heavy atom. The maximum Gasteiger partial charge on any atom is 0.228 e. The molecule has 1 aromatic carbocycles. The summed E-state index contributed by atoms with van der Waals surface area (Å²) in [7, 11) is 0. The highest BCUT2D eigenvalue weighted by atomic mass is 19.2. The van der Waals surface area contributed by atoms with Gasteiger partial charge in [0.2, 0.25) is 5.91 Å². The van der Waals surface area contributed by atoms with Crippen molar-refractivity contribution in [3.05, 3.63) is 29.8 Å². The van der Waals surface area contributed by atoms with E-state index in [0.717, 1.165) is 31.5 Å². The Hall–Kier alpha value is -1.49. The number of anilines is 1. The van der Waals surface area contributed by atoms with Gasteiger partial charge in [-0.2, -0.15) is 0 Å². The molecule has 1 aromatic rings. The number of piperidine rings is 1. The van der Waals surface area contributed by atoms with E-state index in [2.05, 4.69) is 10.6 Å². The van der Waals surface area contributed by atoms with Crippen molar-refractivity contribution >= 4 is 11.6 Å². The van der Waals surface area contributed by atoms with Crippen LogP contribution in [0, 0.1) is 17.6 Å². The quantitative estimate of drug-likeness (QED) is 0.829. The van der Waals surface area contributed by atoms with Crippen molar-refractivity contribution in [2.75, 3.05) is 18.4 Å². The number of halogens is 2. The van der Waals surface area contributed by atoms with Crippen molar-refractivity contribution < 1.29 is 13.6 Å². The molecule has 0 aliphatic carbocycles. The van der Waals surface area contributed by atoms with Crippen molar-refractivity contribution in [2.24, 2.45) is 5.92 Å². The molecular weight excluding hydrogens is 226 g/mol. The summed E-state index contributed by atoms with van der Waals surface area (Å²) in [6.45, 7) is 1.56. The highest BCUT2D eigenvalue weighted by Crippen LogP contribution is 2.16. The minimum absolute atomic E-state index is 0.100. The van der Waals surface area contributed by atoms with Gasteiger partial charge < -0.3 is 10.6 Å². The average molecular weight is 240 g/mol. The predicted octanol–water partition coefficient (Wildman–Crippen LogP) is 1.90. The Morgan fingerprint density at radius 3 is 2.82 bits per heavy atom. The summed E-state index contributed by atoms with van der Waals surface area (Å²) in [5, 5.41) is 5.72. The van der Waals surface area contributed by atoms with Crippen LogP contribution < -0.4 is 10.6 Å². The zero-order valence-electron chi connectivity index (χ0n) is 9.30. The van der Waals surface area contributed by atoms with Crippen LogP contribution in [0.2, 0.25) is 0 Å². The van der Waals surface area contributed by atoms with Crippen LogP contribution in [0.3, 0.4) is 0 Å². The molecule has 0 bridgehead atoms. The Bertz CT molecular complexity index is 417. The van der Waals surface area contributed by atoms with Crippen LogP contribution in [0.5, 0.6) is 0 Å². The smallest absolute Gasteiger partial charge is 0.228 e. The third-order valence-electron chi connectivity index (χ3n) is 2.85. The Morgan fingerprint density at radius 2 is 2.18 bits per heavy atom. The van der Waals surface area contributed by atoms with Crippen molar-refractivity contribution in [1.29, 1.82) is 0 Å².